The number of hydrogen-bond acceptors (Lipinski definition) is 14. The number of nitrogens with one attached hydrogen (secondary N) is 1. The van der Waals surface area contributed by atoms with Gasteiger partial charge < -0.3 is 34.9 Å². The molecule has 40 heavy (non-hydrogen) atoms. The van der Waals surface area contributed by atoms with Crippen LogP contribution in [0.3, 0.4) is 0 Å². The number of aliphatic hydroxyl groups excluding tert-OH is 2. The second kappa shape index (κ2) is 14.7. The fraction of sp³-hybridized carbons (Fsp3) is 0.542. The predicted molar refractivity (Wildman–Crippen MR) is 134 cm³/mol. The minimum atomic E-state index is -1.81. The molecule has 0 aliphatic carbocycles. The zero-order valence-electron chi connectivity index (χ0n) is 22.3. The lowest BCUT2D eigenvalue weighted by molar-refractivity contribution is -0.172. The van der Waals surface area contributed by atoms with E-state index in [1.807, 2.05) is 6.07 Å². The number of aromatic nitrogens is 3. The fourth-order valence-corrected chi connectivity index (χ4v) is 3.33. The number of carbonyl (C=O) groups excluding carboxylic acids is 4. The van der Waals surface area contributed by atoms with Crippen molar-refractivity contribution in [2.24, 2.45) is 11.7 Å². The highest BCUT2D eigenvalue weighted by atomic mass is 16.7. The molecule has 5 atom stereocenters. The number of amides is 1. The van der Waals surface area contributed by atoms with Crippen LogP contribution in [0.1, 0.15) is 45.7 Å². The lowest BCUT2D eigenvalue weighted by Gasteiger charge is -2.29. The van der Waals surface area contributed by atoms with Gasteiger partial charge in [0.25, 0.3) is 0 Å². The summed E-state index contributed by atoms with van der Waals surface area (Å²) in [6, 6.07) is 3.78. The number of anilines is 1. The van der Waals surface area contributed by atoms with Gasteiger partial charge in [-0.3, -0.25) is 19.7 Å². The van der Waals surface area contributed by atoms with E-state index in [0.29, 0.717) is 0 Å². The van der Waals surface area contributed by atoms with Crippen molar-refractivity contribution >= 4 is 35.3 Å². The highest BCUT2D eigenvalue weighted by molar-refractivity contribution is 5.88. The van der Waals surface area contributed by atoms with Crippen LogP contribution in [0, 0.1) is 17.2 Å². The first kappa shape index (κ1) is 31.9. The van der Waals surface area contributed by atoms with Gasteiger partial charge in [-0.25, -0.2) is 14.3 Å². The van der Waals surface area contributed by atoms with Crippen LogP contribution in [0.5, 0.6) is 0 Å². The van der Waals surface area contributed by atoms with Crippen molar-refractivity contribution < 1.29 is 48.3 Å². The highest BCUT2D eigenvalue weighted by Crippen LogP contribution is 2.28. The molecule has 0 aromatic carbocycles. The largest absolute Gasteiger partial charge is 0.462 e. The van der Waals surface area contributed by atoms with Crippen molar-refractivity contribution in [1.82, 2.24) is 14.6 Å². The number of ether oxygens (including phenoxy) is 4. The number of carbonyl (C=O) groups is 4. The standard InChI is InChI=1S/C24H32N6O10/c1-5-18(33)40-21(17(32)9-37-23(35)19(26)12(2)3)20(34)14(8-25)15-6-7-16-22(27-10-28-30(15)16)29-24(36)39-11-38-13(4)31/h6-7,10,12,14,17,19-21,32,34H,5,9,11,26H2,1-4H3,(H,27,28,29,36)/t14?,17-,19+,20+,21-/m1/s1. The summed E-state index contributed by atoms with van der Waals surface area (Å²) >= 11 is 0. The van der Waals surface area contributed by atoms with Gasteiger partial charge in [-0.1, -0.05) is 20.8 Å². The van der Waals surface area contributed by atoms with Crippen LogP contribution < -0.4 is 11.1 Å². The first-order valence-corrected chi connectivity index (χ1v) is 12.2. The minimum absolute atomic E-state index is 0.0392. The van der Waals surface area contributed by atoms with Crippen LogP contribution in [0.15, 0.2) is 18.5 Å². The van der Waals surface area contributed by atoms with Gasteiger partial charge in [-0.2, -0.15) is 10.4 Å². The second-order valence-corrected chi connectivity index (χ2v) is 8.85. The number of fused-ring (bicyclic) bond motifs is 1. The monoisotopic (exact) mass is 564 g/mol. The molecule has 2 rings (SSSR count). The minimum Gasteiger partial charge on any atom is -0.462 e. The molecule has 16 nitrogen and oxygen atoms in total. The Morgan fingerprint density at radius 1 is 1.18 bits per heavy atom. The maximum Gasteiger partial charge on any atom is 0.415 e. The van der Waals surface area contributed by atoms with Crippen molar-refractivity contribution in [2.45, 2.75) is 64.4 Å². The summed E-state index contributed by atoms with van der Waals surface area (Å²) < 4.78 is 20.7. The van der Waals surface area contributed by atoms with Gasteiger partial charge in [0.15, 0.2) is 11.9 Å². The number of nitriles is 1. The van der Waals surface area contributed by atoms with Crippen molar-refractivity contribution in [3.8, 4) is 6.07 Å². The smallest absolute Gasteiger partial charge is 0.415 e. The first-order chi connectivity index (χ1) is 18.9. The molecule has 0 aliphatic rings. The SMILES string of the molecule is CCC(=O)O[C@H]([C@H](O)COC(=O)[C@@H](N)C(C)C)[C@@H](O)C(C#N)c1ccc2c(NC(=O)OCOC(C)=O)ncnn12. The molecule has 0 saturated carbocycles. The van der Waals surface area contributed by atoms with Crippen molar-refractivity contribution in [1.29, 1.82) is 5.26 Å². The zero-order valence-corrected chi connectivity index (χ0v) is 22.3. The van der Waals surface area contributed by atoms with E-state index in [9.17, 15) is 34.7 Å². The summed E-state index contributed by atoms with van der Waals surface area (Å²) in [6.45, 7) is 4.73. The Kier molecular flexibility index (Phi) is 11.7. The molecule has 218 valence electrons. The number of rotatable bonds is 13. The summed E-state index contributed by atoms with van der Waals surface area (Å²) in [5.41, 5.74) is 6.03. The van der Waals surface area contributed by atoms with Crippen molar-refractivity contribution in [2.75, 3.05) is 18.7 Å². The van der Waals surface area contributed by atoms with E-state index in [-0.39, 0.29) is 29.4 Å². The van der Waals surface area contributed by atoms with E-state index in [4.69, 9.17) is 19.9 Å². The van der Waals surface area contributed by atoms with Crippen LogP contribution in [0.4, 0.5) is 10.6 Å². The van der Waals surface area contributed by atoms with Crippen LogP contribution in [-0.4, -0.2) is 86.6 Å². The normalized spacial score (nSPS) is 14.8. The quantitative estimate of drug-likeness (QED) is 0.142. The lowest BCUT2D eigenvalue weighted by Crippen LogP contribution is -2.47. The third kappa shape index (κ3) is 8.33. The van der Waals surface area contributed by atoms with Gasteiger partial charge in [-0.05, 0) is 18.1 Å². The fourth-order valence-electron chi connectivity index (χ4n) is 3.33. The topological polar surface area (TPSA) is 238 Å². The molecule has 0 bridgehead atoms. The summed E-state index contributed by atoms with van der Waals surface area (Å²) in [7, 11) is 0. The average Bonchev–Trinajstić information content (AvgIpc) is 3.34. The average molecular weight is 565 g/mol. The van der Waals surface area contributed by atoms with Crippen molar-refractivity contribution in [3.63, 3.8) is 0 Å². The molecule has 1 amide bonds. The lowest BCUT2D eigenvalue weighted by atomic mass is 9.93. The van der Waals surface area contributed by atoms with Gasteiger partial charge in [-0.15, -0.1) is 0 Å². The number of nitrogens with two attached hydrogens (primary N) is 1. The number of hydrogen-bond donors (Lipinski definition) is 4. The molecule has 0 radical (unpaired) electrons. The van der Waals surface area contributed by atoms with Crippen LogP contribution >= 0.6 is 0 Å². The van der Waals surface area contributed by atoms with Gasteiger partial charge in [0.2, 0.25) is 6.79 Å². The Labute approximate surface area is 228 Å². The Morgan fingerprint density at radius 2 is 1.88 bits per heavy atom. The van der Waals surface area contributed by atoms with E-state index < -0.39 is 67.7 Å². The van der Waals surface area contributed by atoms with Crippen LogP contribution in [0.2, 0.25) is 0 Å². The van der Waals surface area contributed by atoms with Gasteiger partial charge >= 0.3 is 24.0 Å². The molecule has 0 spiro atoms. The van der Waals surface area contributed by atoms with Crippen LogP contribution in [-0.2, 0) is 33.3 Å². The van der Waals surface area contributed by atoms with Crippen molar-refractivity contribution in [3.05, 3.63) is 24.2 Å². The third-order valence-electron chi connectivity index (χ3n) is 5.61. The maximum atomic E-state index is 12.1. The maximum absolute atomic E-state index is 12.1. The molecular formula is C24H32N6O10. The van der Waals surface area contributed by atoms with E-state index in [1.54, 1.807) is 13.8 Å². The summed E-state index contributed by atoms with van der Waals surface area (Å²) in [4.78, 5) is 51.0. The summed E-state index contributed by atoms with van der Waals surface area (Å²) in [5.74, 6) is -3.96. The Hall–Kier alpha value is -4.33. The Balaban J connectivity index is 2.30. The van der Waals surface area contributed by atoms with Gasteiger partial charge in [0.1, 0.15) is 42.6 Å². The molecular weight excluding hydrogens is 532 g/mol. The first-order valence-electron chi connectivity index (χ1n) is 12.2. The zero-order chi connectivity index (χ0) is 30.0. The molecule has 2 aromatic rings. The molecule has 0 aliphatic heterocycles. The van der Waals surface area contributed by atoms with Crippen LogP contribution in [0.25, 0.3) is 5.52 Å². The van der Waals surface area contributed by atoms with Gasteiger partial charge in [0.05, 0.1) is 11.8 Å². The Morgan fingerprint density at radius 3 is 2.48 bits per heavy atom. The van der Waals surface area contributed by atoms with E-state index in [1.165, 1.54) is 23.6 Å². The summed E-state index contributed by atoms with van der Waals surface area (Å²) in [6.07, 6.45) is -5.25. The predicted octanol–water partition coefficient (Wildman–Crippen LogP) is -0.0243. The second-order valence-electron chi connectivity index (χ2n) is 8.85. The van der Waals surface area contributed by atoms with E-state index >= 15 is 0 Å². The molecule has 1 unspecified atom stereocenters. The molecule has 5 N–H and O–H groups in total. The molecule has 2 heterocycles. The van der Waals surface area contributed by atoms with Gasteiger partial charge in [0, 0.05) is 13.3 Å². The molecule has 0 saturated heterocycles. The number of esters is 3. The Bertz CT molecular complexity index is 1240. The molecule has 0 fully saturated rings. The molecule has 16 heteroatoms. The van der Waals surface area contributed by atoms with E-state index in [2.05, 4.69) is 20.1 Å². The van der Waals surface area contributed by atoms with E-state index in [0.717, 1.165) is 13.3 Å². The number of aliphatic hydroxyl groups is 2. The third-order valence-corrected chi connectivity index (χ3v) is 5.61. The number of nitrogens with zero attached hydrogens (tertiary/aromatic N) is 4. The molecule has 2 aromatic heterocycles. The highest BCUT2D eigenvalue weighted by Gasteiger charge is 2.39. The summed E-state index contributed by atoms with van der Waals surface area (Å²) in [5, 5.41) is 38.2.